The maximum atomic E-state index is 12.4. The number of alkyl halides is 2. The van der Waals surface area contributed by atoms with Crippen molar-refractivity contribution in [1.29, 1.82) is 0 Å². The van der Waals surface area contributed by atoms with Gasteiger partial charge in [-0.1, -0.05) is 49.4 Å². The Morgan fingerprint density at radius 2 is 1.76 bits per heavy atom. The van der Waals surface area contributed by atoms with Gasteiger partial charge in [-0.3, -0.25) is 4.55 Å². The van der Waals surface area contributed by atoms with Gasteiger partial charge in [-0.05, 0) is 18.4 Å². The summed E-state index contributed by atoms with van der Waals surface area (Å²) in [6, 6.07) is 9.83. The number of rotatable bonds is 5. The lowest BCUT2D eigenvalue weighted by Gasteiger charge is -2.13. The highest BCUT2D eigenvalue weighted by Crippen LogP contribution is 2.21. The molecule has 0 amide bonds. The molecular weight excluding hydrogens is 302 g/mol. The first-order chi connectivity index (χ1) is 9.50. The number of hydrogen-bond donors (Lipinski definition) is 2. The molecular formula is C14H20F2O4S. The molecule has 0 aliphatic heterocycles. The number of benzene rings is 1. The van der Waals surface area contributed by atoms with Crippen molar-refractivity contribution < 1.29 is 26.9 Å². The molecule has 0 aliphatic rings. The van der Waals surface area contributed by atoms with E-state index in [-0.39, 0.29) is 0 Å². The Balaban J connectivity index is 0.000000690. The molecule has 0 bridgehead atoms. The number of aryl methyl sites for hydroxylation is 1. The molecule has 0 aromatic heterocycles. The van der Waals surface area contributed by atoms with Gasteiger partial charge in [-0.15, -0.1) is 0 Å². The fraction of sp³-hybridized carbons (Fsp3) is 0.429. The van der Waals surface area contributed by atoms with E-state index in [0.717, 1.165) is 6.42 Å². The van der Waals surface area contributed by atoms with Crippen LogP contribution < -0.4 is 0 Å². The lowest BCUT2D eigenvalue weighted by molar-refractivity contribution is -0.222. The van der Waals surface area contributed by atoms with Crippen molar-refractivity contribution in [2.24, 2.45) is 5.92 Å². The molecule has 0 aliphatic carbocycles. The Hall–Kier alpha value is -1.31. The molecule has 0 saturated carbocycles. The van der Waals surface area contributed by atoms with Gasteiger partial charge in [0.05, 0.1) is 12.2 Å². The fourth-order valence-corrected chi connectivity index (χ4v) is 1.31. The van der Waals surface area contributed by atoms with Crippen LogP contribution in [-0.4, -0.2) is 30.4 Å². The van der Waals surface area contributed by atoms with Gasteiger partial charge in [0, 0.05) is 0 Å². The molecule has 1 aromatic rings. The first-order valence-corrected chi connectivity index (χ1v) is 8.08. The molecule has 1 unspecified atom stereocenters. The summed E-state index contributed by atoms with van der Waals surface area (Å²) in [6.07, 6.45) is 1.65. The summed E-state index contributed by atoms with van der Waals surface area (Å²) in [6.45, 7) is 1.29. The third kappa shape index (κ3) is 13.4. The van der Waals surface area contributed by atoms with Gasteiger partial charge in [-0.2, -0.15) is 17.2 Å². The summed E-state index contributed by atoms with van der Waals surface area (Å²) in [5.74, 6) is -1.14. The standard InChI is InChI=1S/C13H16F2O.CH4O3S/c1-11(13(14,15)16)7-5-6-10-12-8-3-2-4-9-12;1-5(2,3)4/h2-5,7-9,11,16H,6,10H2,1H3;1H3,(H,2,3,4)/b7-5+;. The molecule has 0 fully saturated rings. The first kappa shape index (κ1) is 19.7. The highest BCUT2D eigenvalue weighted by atomic mass is 32.2. The largest absolute Gasteiger partial charge is 0.359 e. The van der Waals surface area contributed by atoms with E-state index in [9.17, 15) is 17.2 Å². The molecule has 1 aromatic carbocycles. The molecule has 1 rings (SSSR count). The van der Waals surface area contributed by atoms with Crippen molar-refractivity contribution in [2.75, 3.05) is 6.26 Å². The van der Waals surface area contributed by atoms with Crippen molar-refractivity contribution in [1.82, 2.24) is 0 Å². The number of halogens is 2. The predicted octanol–water partition coefficient (Wildman–Crippen LogP) is 2.90. The van der Waals surface area contributed by atoms with Gasteiger partial charge < -0.3 is 5.11 Å². The third-order valence-corrected chi connectivity index (χ3v) is 2.42. The van der Waals surface area contributed by atoms with E-state index < -0.39 is 22.1 Å². The van der Waals surface area contributed by atoms with Crippen LogP contribution in [-0.2, 0) is 16.5 Å². The van der Waals surface area contributed by atoms with Gasteiger partial charge in [0.15, 0.2) is 0 Å². The smallest absolute Gasteiger partial charge is 0.336 e. The molecule has 21 heavy (non-hydrogen) atoms. The average Bonchev–Trinajstić information content (AvgIpc) is 2.32. The molecule has 1 atom stereocenters. The summed E-state index contributed by atoms with van der Waals surface area (Å²) in [5.41, 5.74) is 1.18. The topological polar surface area (TPSA) is 74.6 Å². The van der Waals surface area contributed by atoms with Crippen LogP contribution in [0.3, 0.4) is 0 Å². The monoisotopic (exact) mass is 322 g/mol. The van der Waals surface area contributed by atoms with E-state index in [1.54, 1.807) is 6.08 Å². The van der Waals surface area contributed by atoms with E-state index in [1.165, 1.54) is 18.6 Å². The molecule has 120 valence electrons. The van der Waals surface area contributed by atoms with Crippen LogP contribution in [0, 0.1) is 5.92 Å². The van der Waals surface area contributed by atoms with Gasteiger partial charge in [0.1, 0.15) is 0 Å². The van der Waals surface area contributed by atoms with Crippen LogP contribution >= 0.6 is 0 Å². The summed E-state index contributed by atoms with van der Waals surface area (Å²) in [4.78, 5) is 0. The summed E-state index contributed by atoms with van der Waals surface area (Å²) < 4.78 is 50.6. The highest BCUT2D eigenvalue weighted by Gasteiger charge is 2.30. The molecule has 7 heteroatoms. The Labute approximate surface area is 123 Å². The third-order valence-electron chi connectivity index (χ3n) is 2.42. The minimum Gasteiger partial charge on any atom is -0.336 e. The van der Waals surface area contributed by atoms with Crippen molar-refractivity contribution in [2.45, 2.75) is 25.9 Å². The van der Waals surface area contributed by atoms with Gasteiger partial charge in [0.25, 0.3) is 10.1 Å². The van der Waals surface area contributed by atoms with Crippen LogP contribution in [0.5, 0.6) is 0 Å². The Kier molecular flexibility index (Phi) is 8.31. The van der Waals surface area contributed by atoms with E-state index in [0.29, 0.717) is 12.7 Å². The van der Waals surface area contributed by atoms with Crippen LogP contribution in [0.15, 0.2) is 42.5 Å². The van der Waals surface area contributed by atoms with Crippen LogP contribution in [0.25, 0.3) is 0 Å². The molecule has 0 heterocycles. The second-order valence-corrected chi connectivity index (χ2v) is 6.03. The minimum absolute atomic E-state index is 0.699. The maximum Gasteiger partial charge on any atom is 0.359 e. The maximum absolute atomic E-state index is 12.4. The van der Waals surface area contributed by atoms with Gasteiger partial charge in [-0.25, -0.2) is 0 Å². The highest BCUT2D eigenvalue weighted by molar-refractivity contribution is 7.85. The first-order valence-electron chi connectivity index (χ1n) is 6.23. The molecule has 2 N–H and O–H groups in total. The average molecular weight is 322 g/mol. The van der Waals surface area contributed by atoms with E-state index >= 15 is 0 Å². The van der Waals surface area contributed by atoms with Crippen molar-refractivity contribution in [3.8, 4) is 0 Å². The lowest BCUT2D eigenvalue weighted by Crippen LogP contribution is -2.23. The van der Waals surface area contributed by atoms with Crippen molar-refractivity contribution >= 4 is 10.1 Å². The Morgan fingerprint density at radius 3 is 2.19 bits per heavy atom. The second-order valence-electron chi connectivity index (χ2n) is 4.56. The van der Waals surface area contributed by atoms with E-state index in [2.05, 4.69) is 0 Å². The number of allylic oxidation sites excluding steroid dienone is 1. The Bertz CT molecular complexity index is 514. The molecule has 0 spiro atoms. The van der Waals surface area contributed by atoms with E-state index in [1.807, 2.05) is 30.3 Å². The van der Waals surface area contributed by atoms with Crippen LogP contribution in [0.4, 0.5) is 8.78 Å². The Morgan fingerprint density at radius 1 is 1.29 bits per heavy atom. The molecule has 4 nitrogen and oxygen atoms in total. The fourth-order valence-electron chi connectivity index (χ4n) is 1.31. The number of aliphatic hydroxyl groups is 1. The number of hydrogen-bond acceptors (Lipinski definition) is 3. The van der Waals surface area contributed by atoms with Crippen molar-refractivity contribution in [3.63, 3.8) is 0 Å². The van der Waals surface area contributed by atoms with Crippen LogP contribution in [0.1, 0.15) is 18.9 Å². The summed E-state index contributed by atoms with van der Waals surface area (Å²) in [7, 11) is -3.67. The predicted molar refractivity (Wildman–Crippen MR) is 77.7 cm³/mol. The van der Waals surface area contributed by atoms with Crippen molar-refractivity contribution in [3.05, 3.63) is 48.0 Å². The SMILES string of the molecule is CC(/C=C/CCc1ccccc1)C(O)(F)F.CS(=O)(=O)O. The van der Waals surface area contributed by atoms with Gasteiger partial charge >= 0.3 is 6.11 Å². The normalized spacial score (nSPS) is 13.6. The molecule has 0 saturated heterocycles. The zero-order chi connectivity index (χ0) is 16.5. The minimum atomic E-state index is -3.67. The van der Waals surface area contributed by atoms with Gasteiger partial charge in [0.2, 0.25) is 0 Å². The zero-order valence-electron chi connectivity index (χ0n) is 11.9. The summed E-state index contributed by atoms with van der Waals surface area (Å²) in [5, 5.41) is 8.42. The lowest BCUT2D eigenvalue weighted by atomic mass is 10.1. The molecule has 0 radical (unpaired) electrons. The van der Waals surface area contributed by atoms with Crippen LogP contribution in [0.2, 0.25) is 0 Å². The quantitative estimate of drug-likeness (QED) is 0.646. The van der Waals surface area contributed by atoms with E-state index in [4.69, 9.17) is 9.66 Å². The second kappa shape index (κ2) is 8.86. The summed E-state index contributed by atoms with van der Waals surface area (Å²) >= 11 is 0. The zero-order valence-corrected chi connectivity index (χ0v) is 12.7.